The minimum Gasteiger partial charge on any atom is -0.323 e. The number of pyridine rings is 1. The molecule has 0 atom stereocenters. The summed E-state index contributed by atoms with van der Waals surface area (Å²) in [5.74, 6) is 4.94. The van der Waals surface area contributed by atoms with Gasteiger partial charge in [-0.05, 0) is 26.0 Å². The highest BCUT2D eigenvalue weighted by Gasteiger charge is 2.10. The lowest BCUT2D eigenvalue weighted by molar-refractivity contribution is 0.102. The van der Waals surface area contributed by atoms with Crippen LogP contribution in [0.4, 0.5) is 10.8 Å². The Morgan fingerprint density at radius 2 is 2.17 bits per heavy atom. The summed E-state index contributed by atoms with van der Waals surface area (Å²) in [5, 5.41) is 3.29. The fraction of sp³-hybridized carbons (Fsp3) is 0.182. The molecule has 1 amide bonds. The van der Waals surface area contributed by atoms with Gasteiger partial charge in [-0.25, -0.2) is 9.97 Å². The predicted octanol–water partition coefficient (Wildman–Crippen LogP) is 1.69. The van der Waals surface area contributed by atoms with Crippen molar-refractivity contribution < 1.29 is 4.79 Å². The predicted molar refractivity (Wildman–Crippen MR) is 71.6 cm³/mol. The Bertz CT molecular complexity index is 544. The summed E-state index contributed by atoms with van der Waals surface area (Å²) in [6.07, 6.45) is 1.49. The minimum absolute atomic E-state index is 0.285. The van der Waals surface area contributed by atoms with Gasteiger partial charge in [-0.1, -0.05) is 0 Å². The number of nitrogens with two attached hydrogens (primary N) is 1. The maximum atomic E-state index is 11.9. The van der Waals surface area contributed by atoms with Crippen LogP contribution in [-0.4, -0.2) is 15.9 Å². The van der Waals surface area contributed by atoms with Crippen molar-refractivity contribution in [2.24, 2.45) is 5.84 Å². The van der Waals surface area contributed by atoms with E-state index in [1.54, 1.807) is 12.1 Å². The minimum atomic E-state index is -0.285. The van der Waals surface area contributed by atoms with Crippen molar-refractivity contribution in [1.29, 1.82) is 0 Å². The molecule has 0 aliphatic carbocycles. The van der Waals surface area contributed by atoms with E-state index in [-0.39, 0.29) is 5.91 Å². The van der Waals surface area contributed by atoms with Gasteiger partial charge in [0.1, 0.15) is 5.69 Å². The maximum Gasteiger partial charge on any atom is 0.276 e. The third-order valence-corrected chi connectivity index (χ3v) is 3.40. The van der Waals surface area contributed by atoms with Crippen LogP contribution in [0.2, 0.25) is 0 Å². The standard InChI is InChI=1S/C11H13N5OS/c1-6-7(2)18-11(14-6)15-10(17)9-4-3-8(16-12)5-13-9/h3-5,16H,12H2,1-2H3,(H,14,15,17). The van der Waals surface area contributed by atoms with Crippen molar-refractivity contribution in [3.05, 3.63) is 34.6 Å². The summed E-state index contributed by atoms with van der Waals surface area (Å²) in [6.45, 7) is 3.87. The molecule has 7 heteroatoms. The van der Waals surface area contributed by atoms with Crippen LogP contribution in [-0.2, 0) is 0 Å². The second-order valence-corrected chi connectivity index (χ2v) is 4.89. The van der Waals surface area contributed by atoms with Gasteiger partial charge in [-0.2, -0.15) is 0 Å². The lowest BCUT2D eigenvalue weighted by Crippen LogP contribution is -2.14. The Labute approximate surface area is 108 Å². The smallest absolute Gasteiger partial charge is 0.276 e. The quantitative estimate of drug-likeness (QED) is 0.579. The molecule has 0 aliphatic rings. The largest absolute Gasteiger partial charge is 0.323 e. The summed E-state index contributed by atoms with van der Waals surface area (Å²) < 4.78 is 0. The molecule has 4 N–H and O–H groups in total. The fourth-order valence-electron chi connectivity index (χ4n) is 1.30. The van der Waals surface area contributed by atoms with E-state index in [1.807, 2.05) is 13.8 Å². The number of hydrazine groups is 1. The molecule has 0 aromatic carbocycles. The van der Waals surface area contributed by atoms with E-state index in [0.717, 1.165) is 10.6 Å². The highest BCUT2D eigenvalue weighted by molar-refractivity contribution is 7.15. The second kappa shape index (κ2) is 5.11. The second-order valence-electron chi connectivity index (χ2n) is 3.69. The SMILES string of the molecule is Cc1nc(NC(=O)c2ccc(NN)cn2)sc1C. The number of rotatable bonds is 3. The van der Waals surface area contributed by atoms with Crippen molar-refractivity contribution >= 4 is 28.1 Å². The number of carbonyl (C=O) groups excluding carboxylic acids is 1. The molecular formula is C11H13N5OS. The molecule has 0 unspecified atom stereocenters. The van der Waals surface area contributed by atoms with Crippen LogP contribution in [0.15, 0.2) is 18.3 Å². The van der Waals surface area contributed by atoms with Gasteiger partial charge in [0.05, 0.1) is 17.6 Å². The topological polar surface area (TPSA) is 92.9 Å². The van der Waals surface area contributed by atoms with E-state index in [4.69, 9.17) is 5.84 Å². The van der Waals surface area contributed by atoms with Crippen molar-refractivity contribution in [2.75, 3.05) is 10.7 Å². The van der Waals surface area contributed by atoms with Crippen molar-refractivity contribution in [2.45, 2.75) is 13.8 Å². The van der Waals surface area contributed by atoms with E-state index < -0.39 is 0 Å². The molecule has 6 nitrogen and oxygen atoms in total. The van der Waals surface area contributed by atoms with E-state index in [1.165, 1.54) is 17.5 Å². The highest BCUT2D eigenvalue weighted by atomic mass is 32.1. The lowest BCUT2D eigenvalue weighted by atomic mass is 10.3. The summed E-state index contributed by atoms with van der Waals surface area (Å²) >= 11 is 1.44. The van der Waals surface area contributed by atoms with Gasteiger partial charge in [-0.3, -0.25) is 16.0 Å². The summed E-state index contributed by atoms with van der Waals surface area (Å²) in [7, 11) is 0. The zero-order chi connectivity index (χ0) is 13.1. The van der Waals surface area contributed by atoms with Crippen LogP contribution < -0.4 is 16.6 Å². The van der Waals surface area contributed by atoms with Gasteiger partial charge >= 0.3 is 0 Å². The molecule has 0 saturated carbocycles. The molecule has 2 heterocycles. The van der Waals surface area contributed by atoms with Gasteiger partial charge in [0.25, 0.3) is 5.91 Å². The van der Waals surface area contributed by atoms with Crippen molar-refractivity contribution in [1.82, 2.24) is 9.97 Å². The van der Waals surface area contributed by atoms with Crippen LogP contribution >= 0.6 is 11.3 Å². The first-order valence-electron chi connectivity index (χ1n) is 5.28. The van der Waals surface area contributed by atoms with Crippen LogP contribution in [0, 0.1) is 13.8 Å². The van der Waals surface area contributed by atoms with E-state index >= 15 is 0 Å². The number of nitrogens with one attached hydrogen (secondary N) is 2. The number of nitrogen functional groups attached to an aromatic ring is 1. The van der Waals surface area contributed by atoms with Crippen molar-refractivity contribution in [3.63, 3.8) is 0 Å². The Morgan fingerprint density at radius 1 is 1.39 bits per heavy atom. The number of nitrogens with zero attached hydrogens (tertiary/aromatic N) is 2. The molecule has 94 valence electrons. The molecular weight excluding hydrogens is 250 g/mol. The molecule has 2 rings (SSSR count). The molecule has 0 fully saturated rings. The molecule has 0 aliphatic heterocycles. The number of hydrogen-bond donors (Lipinski definition) is 3. The van der Waals surface area contributed by atoms with Crippen LogP contribution in [0.3, 0.4) is 0 Å². The van der Waals surface area contributed by atoms with Gasteiger partial charge < -0.3 is 5.43 Å². The fourth-order valence-corrected chi connectivity index (χ4v) is 2.11. The average Bonchev–Trinajstić information content (AvgIpc) is 2.68. The maximum absolute atomic E-state index is 11.9. The number of aryl methyl sites for hydroxylation is 2. The zero-order valence-corrected chi connectivity index (χ0v) is 10.8. The number of anilines is 2. The Hall–Kier alpha value is -1.99. The van der Waals surface area contributed by atoms with Gasteiger partial charge in [-0.15, -0.1) is 11.3 Å². The van der Waals surface area contributed by atoms with Gasteiger partial charge in [0.15, 0.2) is 5.13 Å². The molecule has 0 saturated heterocycles. The summed E-state index contributed by atoms with van der Waals surface area (Å²) in [5.41, 5.74) is 4.34. The van der Waals surface area contributed by atoms with Gasteiger partial charge in [0, 0.05) is 4.88 Å². The lowest BCUT2D eigenvalue weighted by Gasteiger charge is -2.02. The third kappa shape index (κ3) is 2.63. The third-order valence-electron chi connectivity index (χ3n) is 2.41. The number of thiazole rings is 1. The van der Waals surface area contributed by atoms with Crippen LogP contribution in [0.5, 0.6) is 0 Å². The monoisotopic (exact) mass is 263 g/mol. The van der Waals surface area contributed by atoms with E-state index in [2.05, 4.69) is 20.7 Å². The summed E-state index contributed by atoms with van der Waals surface area (Å²) in [6, 6.07) is 3.28. The number of carbonyl (C=O) groups is 1. The Kier molecular flexibility index (Phi) is 3.54. The highest BCUT2D eigenvalue weighted by Crippen LogP contribution is 2.21. The normalized spacial score (nSPS) is 10.2. The first kappa shape index (κ1) is 12.5. The molecule has 2 aromatic heterocycles. The van der Waals surface area contributed by atoms with Crippen molar-refractivity contribution in [3.8, 4) is 0 Å². The molecule has 18 heavy (non-hydrogen) atoms. The zero-order valence-electron chi connectivity index (χ0n) is 10.0. The number of aromatic nitrogens is 2. The van der Waals surface area contributed by atoms with Crippen LogP contribution in [0.25, 0.3) is 0 Å². The first-order chi connectivity index (χ1) is 8.60. The Balaban J connectivity index is 2.11. The first-order valence-corrected chi connectivity index (χ1v) is 6.10. The molecule has 0 spiro atoms. The summed E-state index contributed by atoms with van der Waals surface area (Å²) in [4.78, 5) is 21.2. The molecule has 2 aromatic rings. The molecule has 0 bridgehead atoms. The van der Waals surface area contributed by atoms with Gasteiger partial charge in [0.2, 0.25) is 0 Å². The van der Waals surface area contributed by atoms with Crippen LogP contribution in [0.1, 0.15) is 21.1 Å². The van der Waals surface area contributed by atoms with E-state index in [0.29, 0.717) is 16.5 Å². The number of amides is 1. The Morgan fingerprint density at radius 3 is 2.67 bits per heavy atom. The van der Waals surface area contributed by atoms with E-state index in [9.17, 15) is 4.79 Å². The number of hydrogen-bond acceptors (Lipinski definition) is 6. The average molecular weight is 263 g/mol. The molecule has 0 radical (unpaired) electrons.